The Morgan fingerprint density at radius 2 is 2.00 bits per heavy atom. The highest BCUT2D eigenvalue weighted by Crippen LogP contribution is 2.23. The molecular formula is C12H15FO4S. The average Bonchev–Trinajstić information content (AvgIpc) is 2.38. The van der Waals surface area contributed by atoms with Crippen LogP contribution in [0.5, 0.6) is 5.75 Å². The van der Waals surface area contributed by atoms with E-state index in [-0.39, 0.29) is 11.5 Å². The second-order valence-electron chi connectivity index (χ2n) is 3.70. The molecule has 4 nitrogen and oxygen atoms in total. The van der Waals surface area contributed by atoms with Gasteiger partial charge < -0.3 is 4.18 Å². The van der Waals surface area contributed by atoms with Gasteiger partial charge in [0.05, 0.1) is 0 Å². The molecular weight excluding hydrogens is 259 g/mol. The first-order chi connectivity index (χ1) is 8.43. The van der Waals surface area contributed by atoms with Crippen LogP contribution in [0, 0.1) is 0 Å². The van der Waals surface area contributed by atoms with Crippen molar-refractivity contribution in [1.29, 1.82) is 0 Å². The minimum Gasteiger partial charge on any atom is -0.380 e. The molecule has 0 N–H and O–H groups in total. The first-order valence-corrected chi connectivity index (χ1v) is 7.15. The molecule has 100 valence electrons. The molecule has 0 saturated carbocycles. The third-order valence-corrected chi connectivity index (χ3v) is 3.14. The number of Topliss-reactive ketones (excluding diaryl/α,β-unsaturated/α-hetero) is 1. The van der Waals surface area contributed by atoms with Crippen molar-refractivity contribution in [1.82, 2.24) is 0 Å². The monoisotopic (exact) mass is 274 g/mol. The molecule has 0 unspecified atom stereocenters. The molecule has 0 saturated heterocycles. The van der Waals surface area contributed by atoms with Crippen LogP contribution in [0.2, 0.25) is 0 Å². The van der Waals surface area contributed by atoms with Crippen LogP contribution >= 0.6 is 0 Å². The zero-order chi connectivity index (χ0) is 13.8. The summed E-state index contributed by atoms with van der Waals surface area (Å²) in [6.45, 7) is 3.54. The number of carbonyl (C=O) groups is 1. The normalized spacial score (nSPS) is 11.3. The molecule has 18 heavy (non-hydrogen) atoms. The molecule has 6 heteroatoms. The van der Waals surface area contributed by atoms with Crippen molar-refractivity contribution in [3.8, 4) is 5.75 Å². The maximum Gasteiger partial charge on any atom is 0.339 e. The van der Waals surface area contributed by atoms with Crippen LogP contribution in [-0.4, -0.2) is 20.2 Å². The van der Waals surface area contributed by atoms with Crippen LogP contribution in [0.3, 0.4) is 0 Å². The number of aryl methyl sites for hydroxylation is 1. The highest BCUT2D eigenvalue weighted by atomic mass is 32.2. The van der Waals surface area contributed by atoms with E-state index in [0.717, 1.165) is 0 Å². The van der Waals surface area contributed by atoms with Crippen LogP contribution in [-0.2, 0) is 16.5 Å². The lowest BCUT2D eigenvalue weighted by Gasteiger charge is -2.10. The third-order valence-electron chi connectivity index (χ3n) is 2.43. The first-order valence-electron chi connectivity index (χ1n) is 5.57. The van der Waals surface area contributed by atoms with Gasteiger partial charge in [0.2, 0.25) is 6.01 Å². The predicted octanol–water partition coefficient (Wildman–Crippen LogP) is 2.48. The quantitative estimate of drug-likeness (QED) is 0.590. The molecule has 1 aromatic carbocycles. The van der Waals surface area contributed by atoms with E-state index >= 15 is 0 Å². The Balaban J connectivity index is 3.12. The Morgan fingerprint density at radius 3 is 2.50 bits per heavy atom. The number of ketones is 1. The van der Waals surface area contributed by atoms with Crippen molar-refractivity contribution in [3.63, 3.8) is 0 Å². The number of carbonyl (C=O) groups excluding carboxylic acids is 1. The Hall–Kier alpha value is -1.43. The molecule has 0 atom stereocenters. The van der Waals surface area contributed by atoms with E-state index in [2.05, 4.69) is 4.18 Å². The fraction of sp³-hybridized carbons (Fsp3) is 0.417. The van der Waals surface area contributed by atoms with Crippen LogP contribution in [0.15, 0.2) is 18.2 Å². The Labute approximate surface area is 106 Å². The minimum absolute atomic E-state index is 0.0374. The van der Waals surface area contributed by atoms with Crippen LogP contribution in [0.1, 0.15) is 36.2 Å². The first kappa shape index (κ1) is 14.6. The molecule has 1 aromatic rings. The van der Waals surface area contributed by atoms with Gasteiger partial charge in [0.25, 0.3) is 0 Å². The number of alkyl halides is 1. The molecule has 0 fully saturated rings. The molecule has 0 aliphatic rings. The molecule has 0 aliphatic carbocycles. The largest absolute Gasteiger partial charge is 0.380 e. The molecule has 0 radical (unpaired) electrons. The van der Waals surface area contributed by atoms with Crippen molar-refractivity contribution in [2.75, 3.05) is 6.01 Å². The lowest BCUT2D eigenvalue weighted by Crippen LogP contribution is -2.12. The summed E-state index contributed by atoms with van der Waals surface area (Å²) < 4.78 is 38.9. The second kappa shape index (κ2) is 5.95. The minimum atomic E-state index is -4.20. The highest BCUT2D eigenvalue weighted by molar-refractivity contribution is 7.86. The van der Waals surface area contributed by atoms with Crippen LogP contribution in [0.4, 0.5) is 4.39 Å². The summed E-state index contributed by atoms with van der Waals surface area (Å²) in [5.74, 6) is 0.0346. The van der Waals surface area contributed by atoms with Crippen molar-refractivity contribution in [2.45, 2.75) is 26.7 Å². The molecule has 0 spiro atoms. The fourth-order valence-corrected chi connectivity index (χ4v) is 1.95. The van der Waals surface area contributed by atoms with Crippen molar-refractivity contribution in [3.05, 3.63) is 29.3 Å². The zero-order valence-corrected chi connectivity index (χ0v) is 11.1. The molecule has 0 heterocycles. The van der Waals surface area contributed by atoms with Crippen molar-refractivity contribution < 1.29 is 21.8 Å². The zero-order valence-electron chi connectivity index (χ0n) is 10.3. The van der Waals surface area contributed by atoms with Gasteiger partial charge >= 0.3 is 10.1 Å². The molecule has 0 bridgehead atoms. The van der Waals surface area contributed by atoms with E-state index in [4.69, 9.17) is 0 Å². The number of rotatable bonds is 6. The Bertz CT molecular complexity index is 537. The van der Waals surface area contributed by atoms with Crippen LogP contribution in [0.25, 0.3) is 0 Å². The van der Waals surface area contributed by atoms with Crippen molar-refractivity contribution >= 4 is 15.9 Å². The van der Waals surface area contributed by atoms with E-state index in [9.17, 15) is 17.6 Å². The fourth-order valence-electron chi connectivity index (χ4n) is 1.47. The smallest absolute Gasteiger partial charge is 0.339 e. The summed E-state index contributed by atoms with van der Waals surface area (Å²) in [5, 5.41) is 0. The maximum atomic E-state index is 12.2. The standard InChI is InChI=1S/C12H15FO4S/c1-3-9-7-10(11(14)4-2)5-6-12(9)17-18(15,16)8-13/h5-7H,3-4,8H2,1-2H3. The van der Waals surface area contributed by atoms with Gasteiger partial charge in [-0.1, -0.05) is 13.8 Å². The van der Waals surface area contributed by atoms with Crippen LogP contribution < -0.4 is 4.18 Å². The van der Waals surface area contributed by atoms with Gasteiger partial charge in [-0.25, -0.2) is 4.39 Å². The Kier molecular flexibility index (Phi) is 4.84. The summed E-state index contributed by atoms with van der Waals surface area (Å²) in [7, 11) is -4.20. The predicted molar refractivity (Wildman–Crippen MR) is 66.0 cm³/mol. The summed E-state index contributed by atoms with van der Waals surface area (Å²) in [5.41, 5.74) is 1.06. The summed E-state index contributed by atoms with van der Waals surface area (Å²) in [6, 6.07) is 2.86. The van der Waals surface area contributed by atoms with E-state index in [1.807, 2.05) is 0 Å². The number of hydrogen-bond acceptors (Lipinski definition) is 4. The highest BCUT2D eigenvalue weighted by Gasteiger charge is 2.15. The summed E-state index contributed by atoms with van der Waals surface area (Å²) in [6.07, 6.45) is 0.855. The SMILES string of the molecule is CCC(=O)c1ccc(OS(=O)(=O)CF)c(CC)c1. The van der Waals surface area contributed by atoms with Gasteiger partial charge in [-0.05, 0) is 30.2 Å². The molecule has 0 aliphatic heterocycles. The van der Waals surface area contributed by atoms with Gasteiger partial charge in [-0.15, -0.1) is 0 Å². The molecule has 1 rings (SSSR count). The van der Waals surface area contributed by atoms with Gasteiger partial charge in [0.1, 0.15) is 5.75 Å². The van der Waals surface area contributed by atoms with Crippen molar-refractivity contribution in [2.24, 2.45) is 0 Å². The van der Waals surface area contributed by atoms with Gasteiger partial charge in [-0.2, -0.15) is 8.42 Å². The van der Waals surface area contributed by atoms with E-state index in [0.29, 0.717) is 24.0 Å². The van der Waals surface area contributed by atoms with E-state index in [1.54, 1.807) is 19.9 Å². The summed E-state index contributed by atoms with van der Waals surface area (Å²) in [4.78, 5) is 11.5. The summed E-state index contributed by atoms with van der Waals surface area (Å²) >= 11 is 0. The number of halogens is 1. The van der Waals surface area contributed by atoms with E-state index < -0.39 is 16.1 Å². The maximum absolute atomic E-state index is 12.2. The van der Waals surface area contributed by atoms with Gasteiger partial charge in [0.15, 0.2) is 5.78 Å². The number of benzene rings is 1. The third kappa shape index (κ3) is 3.53. The molecule has 0 amide bonds. The topological polar surface area (TPSA) is 60.4 Å². The number of hydrogen-bond donors (Lipinski definition) is 0. The lowest BCUT2D eigenvalue weighted by molar-refractivity contribution is 0.0988. The second-order valence-corrected chi connectivity index (χ2v) is 5.20. The average molecular weight is 274 g/mol. The molecule has 0 aromatic heterocycles. The van der Waals surface area contributed by atoms with E-state index in [1.165, 1.54) is 12.1 Å². The lowest BCUT2D eigenvalue weighted by atomic mass is 10.0. The van der Waals surface area contributed by atoms with Gasteiger partial charge in [-0.3, -0.25) is 4.79 Å². The van der Waals surface area contributed by atoms with Gasteiger partial charge in [0, 0.05) is 12.0 Å². The Morgan fingerprint density at radius 1 is 1.33 bits per heavy atom.